The fraction of sp³-hybridized carbons (Fsp3) is 0.143. The summed E-state index contributed by atoms with van der Waals surface area (Å²) < 4.78 is 0. The lowest BCUT2D eigenvalue weighted by atomic mass is 10.2. The molecule has 0 saturated carbocycles. The highest BCUT2D eigenvalue weighted by Crippen LogP contribution is 2.11. The summed E-state index contributed by atoms with van der Waals surface area (Å²) in [6.07, 6.45) is 3.50. The lowest BCUT2D eigenvalue weighted by Crippen LogP contribution is -2.08. The third-order valence-corrected chi connectivity index (χ3v) is 2.47. The van der Waals surface area contributed by atoms with Gasteiger partial charge in [0.1, 0.15) is 5.82 Å². The average molecular weight is 240 g/mol. The fourth-order valence-electron chi connectivity index (χ4n) is 1.46. The van der Waals surface area contributed by atoms with Gasteiger partial charge in [-0.3, -0.25) is 5.43 Å². The summed E-state index contributed by atoms with van der Waals surface area (Å²) in [4.78, 5) is 6.18. The lowest BCUT2D eigenvalue weighted by molar-refractivity contribution is 1.13. The Labute approximate surface area is 107 Å². The molecule has 0 bridgehead atoms. The lowest BCUT2D eigenvalue weighted by Gasteiger charge is -2.11. The largest absolute Gasteiger partial charge is 0.378 e. The smallest absolute Gasteiger partial charge is 0.146 e. The molecule has 0 aliphatic heterocycles. The summed E-state index contributed by atoms with van der Waals surface area (Å²) in [7, 11) is 4.04. The van der Waals surface area contributed by atoms with E-state index in [1.54, 1.807) is 12.4 Å². The van der Waals surface area contributed by atoms with E-state index in [2.05, 4.69) is 32.5 Å². The van der Waals surface area contributed by atoms with Gasteiger partial charge in [0, 0.05) is 26.0 Å². The Bertz CT molecular complexity index is 503. The first-order chi connectivity index (χ1) is 8.75. The molecule has 0 spiro atoms. The second-order valence-corrected chi connectivity index (χ2v) is 4.07. The first-order valence-electron chi connectivity index (χ1n) is 5.73. The van der Waals surface area contributed by atoms with Gasteiger partial charge in [-0.25, -0.2) is 4.98 Å². The number of hydrogen-bond donors (Lipinski definition) is 1. The fourth-order valence-corrected chi connectivity index (χ4v) is 1.46. The molecule has 92 valence electrons. The van der Waals surface area contributed by atoms with E-state index in [9.17, 15) is 0 Å². The van der Waals surface area contributed by atoms with Gasteiger partial charge in [0.15, 0.2) is 0 Å². The maximum Gasteiger partial charge on any atom is 0.146 e. The molecule has 0 atom stereocenters. The van der Waals surface area contributed by atoms with E-state index in [0.29, 0.717) is 0 Å². The first kappa shape index (κ1) is 12.1. The Hall–Kier alpha value is -2.36. The summed E-state index contributed by atoms with van der Waals surface area (Å²) in [5.41, 5.74) is 5.09. The number of benzene rings is 1. The SMILES string of the molecule is CN(C)c1ccc(C=NNc2ccccn2)cc1. The topological polar surface area (TPSA) is 40.5 Å². The molecule has 1 aromatic heterocycles. The Morgan fingerprint density at radius 1 is 1.11 bits per heavy atom. The highest BCUT2D eigenvalue weighted by atomic mass is 15.3. The van der Waals surface area contributed by atoms with Crippen molar-refractivity contribution in [2.24, 2.45) is 5.10 Å². The van der Waals surface area contributed by atoms with Crippen molar-refractivity contribution >= 4 is 17.7 Å². The van der Waals surface area contributed by atoms with Crippen molar-refractivity contribution in [1.29, 1.82) is 0 Å². The molecule has 0 aliphatic carbocycles. The van der Waals surface area contributed by atoms with Crippen LogP contribution in [0.15, 0.2) is 53.8 Å². The molecule has 4 nitrogen and oxygen atoms in total. The van der Waals surface area contributed by atoms with Crippen molar-refractivity contribution in [2.45, 2.75) is 0 Å². The van der Waals surface area contributed by atoms with Crippen LogP contribution in [-0.4, -0.2) is 25.3 Å². The quantitative estimate of drug-likeness (QED) is 0.659. The van der Waals surface area contributed by atoms with Gasteiger partial charge in [-0.05, 0) is 29.8 Å². The second-order valence-electron chi connectivity index (χ2n) is 4.07. The van der Waals surface area contributed by atoms with Gasteiger partial charge in [0.2, 0.25) is 0 Å². The summed E-state index contributed by atoms with van der Waals surface area (Å²) in [5, 5.41) is 4.14. The van der Waals surface area contributed by atoms with E-state index >= 15 is 0 Å². The Morgan fingerprint density at radius 2 is 1.89 bits per heavy atom. The molecule has 1 heterocycles. The van der Waals surface area contributed by atoms with Gasteiger partial charge in [-0.1, -0.05) is 18.2 Å². The van der Waals surface area contributed by atoms with Crippen molar-refractivity contribution in [3.8, 4) is 0 Å². The van der Waals surface area contributed by atoms with Gasteiger partial charge in [0.05, 0.1) is 6.21 Å². The molecule has 0 saturated heterocycles. The van der Waals surface area contributed by atoms with Crippen molar-refractivity contribution in [1.82, 2.24) is 4.98 Å². The molecular weight excluding hydrogens is 224 g/mol. The third kappa shape index (κ3) is 3.31. The number of nitrogens with one attached hydrogen (secondary N) is 1. The molecule has 0 unspecified atom stereocenters. The van der Waals surface area contributed by atoms with Gasteiger partial charge in [-0.2, -0.15) is 5.10 Å². The standard InChI is InChI=1S/C14H16N4/c1-18(2)13-8-6-12(7-9-13)11-16-17-14-5-3-4-10-15-14/h3-11H,1-2H3,(H,15,17). The van der Waals surface area contributed by atoms with E-state index in [4.69, 9.17) is 0 Å². The zero-order valence-electron chi connectivity index (χ0n) is 10.5. The first-order valence-corrected chi connectivity index (χ1v) is 5.73. The average Bonchev–Trinajstić information content (AvgIpc) is 2.40. The van der Waals surface area contributed by atoms with Crippen LogP contribution in [0.3, 0.4) is 0 Å². The maximum atomic E-state index is 4.14. The van der Waals surface area contributed by atoms with Gasteiger partial charge in [-0.15, -0.1) is 0 Å². The molecule has 2 rings (SSSR count). The van der Waals surface area contributed by atoms with E-state index in [-0.39, 0.29) is 0 Å². The van der Waals surface area contributed by atoms with Crippen LogP contribution in [-0.2, 0) is 0 Å². The minimum Gasteiger partial charge on any atom is -0.378 e. The van der Waals surface area contributed by atoms with Crippen molar-refractivity contribution in [3.63, 3.8) is 0 Å². The molecule has 0 fully saturated rings. The van der Waals surface area contributed by atoms with Crippen LogP contribution in [0.25, 0.3) is 0 Å². The number of hydrazone groups is 1. The molecule has 0 radical (unpaired) electrons. The van der Waals surface area contributed by atoms with Crippen LogP contribution in [0.2, 0.25) is 0 Å². The number of pyridine rings is 1. The summed E-state index contributed by atoms with van der Waals surface area (Å²) >= 11 is 0. The van der Waals surface area contributed by atoms with Crippen LogP contribution < -0.4 is 10.3 Å². The van der Waals surface area contributed by atoms with Crippen molar-refractivity contribution in [2.75, 3.05) is 24.4 Å². The second kappa shape index (κ2) is 5.82. The van der Waals surface area contributed by atoms with Crippen LogP contribution in [0, 0.1) is 0 Å². The highest BCUT2D eigenvalue weighted by Gasteiger charge is 1.93. The Morgan fingerprint density at radius 3 is 2.50 bits per heavy atom. The molecule has 1 N–H and O–H groups in total. The molecule has 0 amide bonds. The predicted molar refractivity (Wildman–Crippen MR) is 76.2 cm³/mol. The Balaban J connectivity index is 1.97. The zero-order valence-corrected chi connectivity index (χ0v) is 10.5. The number of hydrogen-bond acceptors (Lipinski definition) is 4. The van der Waals surface area contributed by atoms with Crippen molar-refractivity contribution in [3.05, 3.63) is 54.2 Å². The Kier molecular flexibility index (Phi) is 3.91. The summed E-state index contributed by atoms with van der Waals surface area (Å²) in [6, 6.07) is 13.8. The zero-order chi connectivity index (χ0) is 12.8. The minimum atomic E-state index is 0.735. The number of aromatic nitrogens is 1. The molecule has 0 aliphatic rings. The van der Waals surface area contributed by atoms with Crippen molar-refractivity contribution < 1.29 is 0 Å². The number of anilines is 2. The molecule has 2 aromatic rings. The van der Waals surface area contributed by atoms with E-state index in [1.807, 2.05) is 44.4 Å². The summed E-state index contributed by atoms with van der Waals surface area (Å²) in [6.45, 7) is 0. The number of nitrogens with zero attached hydrogens (tertiary/aromatic N) is 3. The van der Waals surface area contributed by atoms with Crippen LogP contribution in [0.4, 0.5) is 11.5 Å². The van der Waals surface area contributed by atoms with Crippen LogP contribution in [0.5, 0.6) is 0 Å². The normalized spacial score (nSPS) is 10.6. The van der Waals surface area contributed by atoms with Crippen LogP contribution in [0.1, 0.15) is 5.56 Å². The highest BCUT2D eigenvalue weighted by molar-refractivity contribution is 5.80. The third-order valence-electron chi connectivity index (χ3n) is 2.47. The van der Waals surface area contributed by atoms with Gasteiger partial charge >= 0.3 is 0 Å². The van der Waals surface area contributed by atoms with Gasteiger partial charge < -0.3 is 4.90 Å². The molecule has 1 aromatic carbocycles. The van der Waals surface area contributed by atoms with E-state index in [1.165, 1.54) is 5.69 Å². The molecular formula is C14H16N4. The maximum absolute atomic E-state index is 4.14. The van der Waals surface area contributed by atoms with Gasteiger partial charge in [0.25, 0.3) is 0 Å². The number of rotatable bonds is 4. The molecule has 4 heteroatoms. The molecule has 18 heavy (non-hydrogen) atoms. The van der Waals surface area contributed by atoms with E-state index < -0.39 is 0 Å². The van der Waals surface area contributed by atoms with Crippen LogP contribution >= 0.6 is 0 Å². The monoisotopic (exact) mass is 240 g/mol. The predicted octanol–water partition coefficient (Wildman–Crippen LogP) is 2.59. The minimum absolute atomic E-state index is 0.735. The van der Waals surface area contributed by atoms with E-state index in [0.717, 1.165) is 11.4 Å². The summed E-state index contributed by atoms with van der Waals surface area (Å²) in [5.74, 6) is 0.735.